The molecule has 0 heterocycles. The Hall–Kier alpha value is -0.830. The van der Waals surface area contributed by atoms with Gasteiger partial charge in [-0.25, -0.2) is 4.21 Å². The van der Waals surface area contributed by atoms with Crippen LogP contribution in [0, 0.1) is 6.92 Å². The van der Waals surface area contributed by atoms with Crippen molar-refractivity contribution in [2.24, 2.45) is 0 Å². The molecule has 0 unspecified atom stereocenters. The molecule has 0 saturated carbocycles. The van der Waals surface area contributed by atoms with Crippen LogP contribution in [0.4, 0.5) is 5.69 Å². The lowest BCUT2D eigenvalue weighted by Gasteiger charge is -1.96. The summed E-state index contributed by atoms with van der Waals surface area (Å²) in [5.41, 5.74) is 2.08. The van der Waals surface area contributed by atoms with E-state index in [0.717, 1.165) is 5.69 Å². The van der Waals surface area contributed by atoms with Crippen molar-refractivity contribution in [3.8, 4) is 0 Å². The van der Waals surface area contributed by atoms with Crippen molar-refractivity contribution < 1.29 is 4.21 Å². The zero-order valence-corrected chi connectivity index (χ0v) is 6.56. The first-order valence-electron chi connectivity index (χ1n) is 2.98. The molecule has 0 aliphatic heterocycles. The van der Waals surface area contributed by atoms with Gasteiger partial charge in [-0.2, -0.15) is 0 Å². The van der Waals surface area contributed by atoms with Gasteiger partial charge in [-0.3, -0.25) is 0 Å². The van der Waals surface area contributed by atoms with Crippen molar-refractivity contribution in [3.63, 3.8) is 0 Å². The van der Waals surface area contributed by atoms with Gasteiger partial charge >= 0.3 is 0 Å². The highest BCUT2D eigenvalue weighted by Crippen LogP contribution is 2.06. The van der Waals surface area contributed by atoms with Crippen molar-refractivity contribution in [3.05, 3.63) is 29.8 Å². The van der Waals surface area contributed by atoms with Crippen LogP contribution in [-0.4, -0.2) is 4.21 Å². The summed E-state index contributed by atoms with van der Waals surface area (Å²) < 4.78 is 12.7. The first-order valence-corrected chi connectivity index (χ1v) is 3.79. The Morgan fingerprint density at radius 2 is 1.90 bits per heavy atom. The number of anilines is 1. The highest BCUT2D eigenvalue weighted by molar-refractivity contribution is 7.67. The molecule has 1 aromatic carbocycles. The number of thiol groups is 1. The molecule has 1 aromatic rings. The van der Waals surface area contributed by atoms with Crippen LogP contribution in [0.1, 0.15) is 5.56 Å². The maximum absolute atomic E-state index is 10.0. The van der Waals surface area contributed by atoms with E-state index >= 15 is 0 Å². The van der Waals surface area contributed by atoms with Crippen LogP contribution in [-0.2, 0) is 11.9 Å². The van der Waals surface area contributed by atoms with Gasteiger partial charge in [0, 0.05) is 5.69 Å². The molecule has 0 saturated heterocycles. The van der Waals surface area contributed by atoms with Crippen molar-refractivity contribution >= 4 is 17.5 Å². The van der Waals surface area contributed by atoms with Gasteiger partial charge in [0.15, 0.2) is 0 Å². The SMILES string of the molecule is Cc1ccc(N[SH]=O)cc1. The van der Waals surface area contributed by atoms with Crippen LogP contribution < -0.4 is 4.72 Å². The molecule has 10 heavy (non-hydrogen) atoms. The molecule has 1 rings (SSSR count). The third-order valence-electron chi connectivity index (χ3n) is 1.23. The summed E-state index contributed by atoms with van der Waals surface area (Å²) >= 11 is -0.0537. The third kappa shape index (κ3) is 1.84. The van der Waals surface area contributed by atoms with Crippen molar-refractivity contribution in [2.75, 3.05) is 4.72 Å². The summed E-state index contributed by atoms with van der Waals surface area (Å²) in [7, 11) is 0. The fraction of sp³-hybridized carbons (Fsp3) is 0.143. The van der Waals surface area contributed by atoms with E-state index in [4.69, 9.17) is 0 Å². The zero-order chi connectivity index (χ0) is 7.40. The number of hydrogen-bond donors (Lipinski definition) is 2. The molecular weight excluding hydrogens is 146 g/mol. The number of benzene rings is 1. The van der Waals surface area contributed by atoms with Gasteiger partial charge in [-0.15, -0.1) is 0 Å². The normalized spacial score (nSPS) is 9.30. The molecule has 3 heteroatoms. The van der Waals surface area contributed by atoms with Crippen LogP contribution in [0.25, 0.3) is 0 Å². The number of hydrogen-bond acceptors (Lipinski definition) is 1. The lowest BCUT2D eigenvalue weighted by molar-refractivity contribution is 0.696. The second kappa shape index (κ2) is 3.37. The van der Waals surface area contributed by atoms with E-state index in [0.29, 0.717) is 0 Å². The topological polar surface area (TPSA) is 29.1 Å². The van der Waals surface area contributed by atoms with E-state index in [1.165, 1.54) is 5.56 Å². The number of nitrogens with one attached hydrogen (secondary N) is 1. The Balaban J connectivity index is 2.78. The molecule has 0 amide bonds. The second-order valence-electron chi connectivity index (χ2n) is 2.07. The van der Waals surface area contributed by atoms with Crippen molar-refractivity contribution in [1.29, 1.82) is 0 Å². The molecule has 0 aromatic heterocycles. The summed E-state index contributed by atoms with van der Waals surface area (Å²) in [6.45, 7) is 2.01. The van der Waals surface area contributed by atoms with Gasteiger partial charge in [0.05, 0.1) is 0 Å². The quantitative estimate of drug-likeness (QED) is 0.619. The highest BCUT2D eigenvalue weighted by atomic mass is 32.2. The summed E-state index contributed by atoms with van der Waals surface area (Å²) in [4.78, 5) is 0. The Kier molecular flexibility index (Phi) is 2.45. The molecule has 0 fully saturated rings. The van der Waals surface area contributed by atoms with Crippen LogP contribution in [0.3, 0.4) is 0 Å². The summed E-state index contributed by atoms with van der Waals surface area (Å²) in [6, 6.07) is 7.71. The van der Waals surface area contributed by atoms with Gasteiger partial charge in [0.2, 0.25) is 0 Å². The van der Waals surface area contributed by atoms with E-state index in [-0.39, 0.29) is 11.9 Å². The monoisotopic (exact) mass is 155 g/mol. The molecule has 0 aliphatic rings. The molecule has 0 atom stereocenters. The fourth-order valence-electron chi connectivity index (χ4n) is 0.681. The molecule has 2 nitrogen and oxygen atoms in total. The predicted octanol–water partition coefficient (Wildman–Crippen LogP) is 1.27. The van der Waals surface area contributed by atoms with Crippen LogP contribution >= 0.6 is 0 Å². The van der Waals surface area contributed by atoms with Gasteiger partial charge in [-0.1, -0.05) is 17.7 Å². The van der Waals surface area contributed by atoms with Gasteiger partial charge in [0.25, 0.3) is 0 Å². The van der Waals surface area contributed by atoms with Crippen LogP contribution in [0.2, 0.25) is 0 Å². The first kappa shape index (κ1) is 7.28. The van der Waals surface area contributed by atoms with Crippen molar-refractivity contribution in [1.82, 2.24) is 0 Å². The second-order valence-corrected chi connectivity index (χ2v) is 2.48. The fourth-order valence-corrected chi connectivity index (χ4v) is 0.935. The molecule has 0 radical (unpaired) electrons. The number of rotatable bonds is 2. The summed E-state index contributed by atoms with van der Waals surface area (Å²) in [6.07, 6.45) is 0. The maximum Gasteiger partial charge on any atom is 0.103 e. The molecule has 0 spiro atoms. The van der Waals surface area contributed by atoms with E-state index in [2.05, 4.69) is 4.72 Å². The third-order valence-corrected chi connectivity index (χ3v) is 1.58. The van der Waals surface area contributed by atoms with E-state index in [1.807, 2.05) is 31.2 Å². The van der Waals surface area contributed by atoms with Gasteiger partial charge in [0.1, 0.15) is 11.9 Å². The molecule has 54 valence electrons. The summed E-state index contributed by atoms with van der Waals surface area (Å²) in [5, 5.41) is 0. The lowest BCUT2D eigenvalue weighted by atomic mass is 10.2. The average molecular weight is 155 g/mol. The Morgan fingerprint density at radius 1 is 1.30 bits per heavy atom. The minimum Gasteiger partial charge on any atom is -0.308 e. The molecule has 0 bridgehead atoms. The molecule has 1 N–H and O–H groups in total. The average Bonchev–Trinajstić information content (AvgIpc) is 1.95. The Morgan fingerprint density at radius 3 is 2.40 bits per heavy atom. The number of aryl methyl sites for hydroxylation is 1. The summed E-state index contributed by atoms with van der Waals surface area (Å²) in [5.74, 6) is 0. The minimum absolute atomic E-state index is 0.0537. The standard InChI is InChI=1S/C7H9NOS/c1-6-2-4-7(5-3-6)8-10-9/h2-5,10H,1H3,(H,8,9). The zero-order valence-electron chi connectivity index (χ0n) is 5.66. The van der Waals surface area contributed by atoms with E-state index in [1.54, 1.807) is 0 Å². The van der Waals surface area contributed by atoms with Crippen molar-refractivity contribution in [2.45, 2.75) is 6.92 Å². The van der Waals surface area contributed by atoms with Gasteiger partial charge in [-0.05, 0) is 19.1 Å². The van der Waals surface area contributed by atoms with Gasteiger partial charge < -0.3 is 4.72 Å². The Labute approximate surface area is 63.9 Å². The maximum atomic E-state index is 10.0. The molecule has 0 aliphatic carbocycles. The van der Waals surface area contributed by atoms with Crippen LogP contribution in [0.5, 0.6) is 0 Å². The minimum atomic E-state index is -0.0537. The predicted molar refractivity (Wildman–Crippen MR) is 44.3 cm³/mol. The van der Waals surface area contributed by atoms with Crippen LogP contribution in [0.15, 0.2) is 24.3 Å². The van der Waals surface area contributed by atoms with E-state index in [9.17, 15) is 4.21 Å². The lowest BCUT2D eigenvalue weighted by Crippen LogP contribution is -1.87. The molecular formula is C7H9NOS. The first-order chi connectivity index (χ1) is 4.83. The highest BCUT2D eigenvalue weighted by Gasteiger charge is 1.86. The largest absolute Gasteiger partial charge is 0.308 e. The van der Waals surface area contributed by atoms with E-state index < -0.39 is 0 Å². The smallest absolute Gasteiger partial charge is 0.103 e. The Bertz CT molecular complexity index is 220.